The van der Waals surface area contributed by atoms with E-state index in [1.165, 1.54) is 5.56 Å². The van der Waals surface area contributed by atoms with Gasteiger partial charge in [0.2, 0.25) is 0 Å². The highest BCUT2D eigenvalue weighted by Crippen LogP contribution is 2.32. The van der Waals surface area contributed by atoms with Gasteiger partial charge < -0.3 is 20.7 Å². The van der Waals surface area contributed by atoms with Gasteiger partial charge in [0.25, 0.3) is 0 Å². The summed E-state index contributed by atoms with van der Waals surface area (Å²) >= 11 is 0. The summed E-state index contributed by atoms with van der Waals surface area (Å²) in [6.07, 6.45) is 0.748. The van der Waals surface area contributed by atoms with E-state index in [1.807, 2.05) is 51.1 Å². The Hall–Kier alpha value is -3.81. The van der Waals surface area contributed by atoms with E-state index in [0.717, 1.165) is 6.42 Å². The number of anilines is 2. The Bertz CT molecular complexity index is 1150. The SMILES string of the molecule is CCCN1C(=O)NC(c2cccc(NC(=O)Nc3ccc(C(C)C)cc3)c2)C(C(=O)OCC(C)C)=C1C. The van der Waals surface area contributed by atoms with E-state index in [0.29, 0.717) is 40.7 Å². The Balaban J connectivity index is 1.83. The number of carbonyl (C=O) groups excluding carboxylic acids is 3. The molecule has 0 fully saturated rings. The number of hydrogen-bond acceptors (Lipinski definition) is 4. The van der Waals surface area contributed by atoms with Crippen molar-refractivity contribution in [2.75, 3.05) is 23.8 Å². The quantitative estimate of drug-likeness (QED) is 0.343. The lowest BCUT2D eigenvalue weighted by Crippen LogP contribution is -2.48. The fourth-order valence-electron chi connectivity index (χ4n) is 4.15. The van der Waals surface area contributed by atoms with Gasteiger partial charge in [0.1, 0.15) is 0 Å². The fraction of sp³-hybridized carbons (Fsp3) is 0.414. The largest absolute Gasteiger partial charge is 0.462 e. The highest BCUT2D eigenvalue weighted by atomic mass is 16.5. The van der Waals surface area contributed by atoms with E-state index < -0.39 is 12.0 Å². The van der Waals surface area contributed by atoms with Crippen molar-refractivity contribution in [2.45, 2.75) is 59.9 Å². The Labute approximate surface area is 219 Å². The molecule has 4 amide bonds. The van der Waals surface area contributed by atoms with Crippen molar-refractivity contribution in [3.63, 3.8) is 0 Å². The van der Waals surface area contributed by atoms with Crippen LogP contribution < -0.4 is 16.0 Å². The molecular formula is C29H38N4O4. The lowest BCUT2D eigenvalue weighted by molar-refractivity contribution is -0.140. The summed E-state index contributed by atoms with van der Waals surface area (Å²) in [4.78, 5) is 40.3. The Morgan fingerprint density at radius 1 is 1.03 bits per heavy atom. The summed E-state index contributed by atoms with van der Waals surface area (Å²) < 4.78 is 5.56. The zero-order valence-electron chi connectivity index (χ0n) is 22.6. The normalized spacial score (nSPS) is 15.6. The van der Waals surface area contributed by atoms with Crippen LogP contribution in [0.25, 0.3) is 0 Å². The molecule has 2 aromatic carbocycles. The number of urea groups is 2. The number of rotatable bonds is 9. The van der Waals surface area contributed by atoms with Gasteiger partial charge in [-0.15, -0.1) is 0 Å². The minimum absolute atomic E-state index is 0.181. The number of nitrogens with zero attached hydrogens (tertiary/aromatic N) is 1. The van der Waals surface area contributed by atoms with E-state index in [2.05, 4.69) is 29.8 Å². The molecule has 3 N–H and O–H groups in total. The zero-order chi connectivity index (χ0) is 27.1. The van der Waals surface area contributed by atoms with Crippen molar-refractivity contribution in [3.8, 4) is 0 Å². The number of amides is 4. The Morgan fingerprint density at radius 2 is 1.70 bits per heavy atom. The smallest absolute Gasteiger partial charge is 0.338 e. The maximum atomic E-state index is 13.1. The fourth-order valence-corrected chi connectivity index (χ4v) is 4.15. The van der Waals surface area contributed by atoms with Crippen LogP contribution >= 0.6 is 0 Å². The third kappa shape index (κ3) is 7.12. The lowest BCUT2D eigenvalue weighted by Gasteiger charge is -2.35. The molecule has 3 rings (SSSR count). The van der Waals surface area contributed by atoms with Crippen molar-refractivity contribution in [1.82, 2.24) is 10.2 Å². The Kier molecular flexibility index (Phi) is 9.33. The first-order chi connectivity index (χ1) is 17.6. The molecule has 0 bridgehead atoms. The second-order valence-corrected chi connectivity index (χ2v) is 10.0. The molecular weight excluding hydrogens is 468 g/mol. The highest BCUT2D eigenvalue weighted by molar-refractivity contribution is 6.00. The molecule has 2 aromatic rings. The summed E-state index contributed by atoms with van der Waals surface area (Å²) in [6.45, 7) is 12.7. The standard InChI is InChI=1S/C29H38N4O4/c1-7-15-33-20(6)25(27(34)37-17-18(2)3)26(32-29(33)36)22-9-8-10-24(16-22)31-28(35)30-23-13-11-21(12-14-23)19(4)5/h8-14,16,18-19,26H,7,15,17H2,1-6H3,(H,32,36)(H2,30,31,35). The van der Waals surface area contributed by atoms with Crippen LogP contribution in [0.4, 0.5) is 21.0 Å². The van der Waals surface area contributed by atoms with Crippen LogP contribution in [0, 0.1) is 5.92 Å². The minimum atomic E-state index is -0.700. The summed E-state index contributed by atoms with van der Waals surface area (Å²) in [5.41, 5.74) is 4.04. The molecule has 8 nitrogen and oxygen atoms in total. The minimum Gasteiger partial charge on any atom is -0.462 e. The first-order valence-electron chi connectivity index (χ1n) is 12.8. The van der Waals surface area contributed by atoms with Crippen molar-refractivity contribution in [3.05, 3.63) is 70.9 Å². The molecule has 0 radical (unpaired) electrons. The van der Waals surface area contributed by atoms with Gasteiger partial charge in [-0.2, -0.15) is 0 Å². The number of esters is 1. The molecule has 8 heteroatoms. The van der Waals surface area contributed by atoms with Crippen LogP contribution in [0.15, 0.2) is 59.8 Å². The van der Waals surface area contributed by atoms with E-state index in [9.17, 15) is 14.4 Å². The van der Waals surface area contributed by atoms with Crippen LogP contribution in [0.5, 0.6) is 0 Å². The van der Waals surface area contributed by atoms with E-state index in [-0.39, 0.29) is 24.6 Å². The Morgan fingerprint density at radius 3 is 2.32 bits per heavy atom. The van der Waals surface area contributed by atoms with Crippen LogP contribution in [-0.2, 0) is 9.53 Å². The molecule has 0 saturated heterocycles. The monoisotopic (exact) mass is 506 g/mol. The predicted molar refractivity (Wildman–Crippen MR) is 146 cm³/mol. The van der Waals surface area contributed by atoms with Gasteiger partial charge in [0.05, 0.1) is 18.2 Å². The first-order valence-corrected chi connectivity index (χ1v) is 12.8. The second kappa shape index (κ2) is 12.4. The van der Waals surface area contributed by atoms with E-state index in [1.54, 1.807) is 30.0 Å². The van der Waals surface area contributed by atoms with Crippen LogP contribution in [0.1, 0.15) is 71.0 Å². The van der Waals surface area contributed by atoms with Crippen molar-refractivity contribution in [1.29, 1.82) is 0 Å². The van der Waals surface area contributed by atoms with Gasteiger partial charge in [-0.05, 0) is 60.6 Å². The molecule has 0 aliphatic carbocycles. The van der Waals surface area contributed by atoms with Crippen molar-refractivity contribution < 1.29 is 19.1 Å². The maximum absolute atomic E-state index is 13.1. The summed E-state index contributed by atoms with van der Waals surface area (Å²) in [5.74, 6) is 0.129. The van der Waals surface area contributed by atoms with E-state index in [4.69, 9.17) is 4.74 Å². The van der Waals surface area contributed by atoms with Gasteiger partial charge in [-0.25, -0.2) is 14.4 Å². The van der Waals surface area contributed by atoms with Gasteiger partial charge in [0, 0.05) is 23.6 Å². The first kappa shape index (κ1) is 27.8. The molecule has 1 atom stereocenters. The number of hydrogen-bond donors (Lipinski definition) is 3. The van der Waals surface area contributed by atoms with Crippen LogP contribution in [-0.4, -0.2) is 36.1 Å². The van der Waals surface area contributed by atoms with Gasteiger partial charge in [0.15, 0.2) is 0 Å². The zero-order valence-corrected chi connectivity index (χ0v) is 22.6. The number of allylic oxidation sites excluding steroid dienone is 1. The molecule has 1 heterocycles. The van der Waals surface area contributed by atoms with E-state index >= 15 is 0 Å². The van der Waals surface area contributed by atoms with Gasteiger partial charge >= 0.3 is 18.0 Å². The molecule has 37 heavy (non-hydrogen) atoms. The summed E-state index contributed by atoms with van der Waals surface area (Å²) in [7, 11) is 0. The molecule has 0 saturated carbocycles. The molecule has 0 spiro atoms. The van der Waals surface area contributed by atoms with Crippen LogP contribution in [0.3, 0.4) is 0 Å². The van der Waals surface area contributed by atoms with Gasteiger partial charge in [-0.3, -0.25) is 4.90 Å². The third-order valence-corrected chi connectivity index (χ3v) is 6.12. The molecule has 198 valence electrons. The number of benzene rings is 2. The number of carbonyl (C=O) groups is 3. The second-order valence-electron chi connectivity index (χ2n) is 10.0. The molecule has 1 aliphatic heterocycles. The van der Waals surface area contributed by atoms with Crippen LogP contribution in [0.2, 0.25) is 0 Å². The average Bonchev–Trinajstić information content (AvgIpc) is 2.85. The topological polar surface area (TPSA) is 99.8 Å². The predicted octanol–water partition coefficient (Wildman–Crippen LogP) is 6.40. The molecule has 1 aliphatic rings. The van der Waals surface area contributed by atoms with Crippen molar-refractivity contribution >= 4 is 29.4 Å². The number of ether oxygens (including phenoxy) is 1. The average molecular weight is 507 g/mol. The van der Waals surface area contributed by atoms with Gasteiger partial charge in [-0.1, -0.05) is 58.9 Å². The lowest BCUT2D eigenvalue weighted by atomic mass is 9.94. The summed E-state index contributed by atoms with van der Waals surface area (Å²) in [6, 6.07) is 13.5. The highest BCUT2D eigenvalue weighted by Gasteiger charge is 2.36. The van der Waals surface area contributed by atoms with Crippen molar-refractivity contribution in [2.24, 2.45) is 5.92 Å². The third-order valence-electron chi connectivity index (χ3n) is 6.12. The maximum Gasteiger partial charge on any atom is 0.338 e. The summed E-state index contributed by atoms with van der Waals surface area (Å²) in [5, 5.41) is 8.62. The number of nitrogens with one attached hydrogen (secondary N) is 3. The molecule has 1 unspecified atom stereocenters. The molecule has 0 aromatic heterocycles.